The van der Waals surface area contributed by atoms with Gasteiger partial charge in [0.2, 0.25) is 5.91 Å². The van der Waals surface area contributed by atoms with Gasteiger partial charge >= 0.3 is 5.97 Å². The van der Waals surface area contributed by atoms with Crippen LogP contribution in [0.15, 0.2) is 0 Å². The summed E-state index contributed by atoms with van der Waals surface area (Å²) in [5.74, 6) is -1.16. The fourth-order valence-electron chi connectivity index (χ4n) is 1.80. The van der Waals surface area contributed by atoms with Crippen molar-refractivity contribution in [3.8, 4) is 0 Å². The van der Waals surface area contributed by atoms with Crippen molar-refractivity contribution < 1.29 is 34.4 Å². The van der Waals surface area contributed by atoms with E-state index < -0.39 is 49.1 Å². The van der Waals surface area contributed by atoms with E-state index in [0.717, 1.165) is 6.92 Å². The summed E-state index contributed by atoms with van der Waals surface area (Å²) in [6, 6.07) is -1.09. The standard InChI is InChI=1S/C10H17NO7/c1-4(13)11-7-9(17-5(2)14)8(15)6(3-12)18-10(7)16/h6-10,12,15-16H,3H2,1-2H3,(H,11,13)/t6-,7-,8+,9+,10-/m0/s1. The summed E-state index contributed by atoms with van der Waals surface area (Å²) in [5, 5.41) is 30.8. The first kappa shape index (κ1) is 14.8. The highest BCUT2D eigenvalue weighted by molar-refractivity contribution is 5.73. The van der Waals surface area contributed by atoms with Gasteiger partial charge in [0.1, 0.15) is 18.2 Å². The maximum Gasteiger partial charge on any atom is 0.303 e. The summed E-state index contributed by atoms with van der Waals surface area (Å²) in [6.45, 7) is 1.79. The van der Waals surface area contributed by atoms with Gasteiger partial charge < -0.3 is 30.1 Å². The topological polar surface area (TPSA) is 125 Å². The molecule has 1 aliphatic rings. The zero-order valence-electron chi connectivity index (χ0n) is 10.1. The molecule has 0 radical (unpaired) electrons. The summed E-state index contributed by atoms with van der Waals surface area (Å²) >= 11 is 0. The van der Waals surface area contributed by atoms with Crippen LogP contribution in [0, 0.1) is 0 Å². The molecule has 8 nitrogen and oxygen atoms in total. The molecule has 0 aromatic carbocycles. The van der Waals surface area contributed by atoms with E-state index in [2.05, 4.69) is 5.32 Å². The second-order valence-corrected chi connectivity index (χ2v) is 4.04. The highest BCUT2D eigenvalue weighted by atomic mass is 16.6. The van der Waals surface area contributed by atoms with Gasteiger partial charge in [-0.25, -0.2) is 0 Å². The molecule has 0 aliphatic carbocycles. The lowest BCUT2D eigenvalue weighted by molar-refractivity contribution is -0.258. The van der Waals surface area contributed by atoms with Crippen molar-refractivity contribution in [1.82, 2.24) is 5.32 Å². The Morgan fingerprint density at radius 2 is 1.94 bits per heavy atom. The lowest BCUT2D eigenvalue weighted by atomic mass is 9.96. The van der Waals surface area contributed by atoms with Gasteiger partial charge in [-0.1, -0.05) is 0 Å². The third kappa shape index (κ3) is 3.39. The second kappa shape index (κ2) is 6.10. The van der Waals surface area contributed by atoms with Crippen LogP contribution in [0.3, 0.4) is 0 Å². The molecule has 0 spiro atoms. The molecule has 104 valence electrons. The van der Waals surface area contributed by atoms with E-state index in [0.29, 0.717) is 0 Å². The van der Waals surface area contributed by atoms with Gasteiger partial charge in [0, 0.05) is 13.8 Å². The number of esters is 1. The number of hydrogen-bond acceptors (Lipinski definition) is 7. The molecular formula is C10H17NO7. The minimum Gasteiger partial charge on any atom is -0.457 e. The van der Waals surface area contributed by atoms with Gasteiger partial charge in [-0.2, -0.15) is 0 Å². The zero-order valence-corrected chi connectivity index (χ0v) is 10.1. The van der Waals surface area contributed by atoms with Crippen molar-refractivity contribution in [2.45, 2.75) is 44.5 Å². The summed E-state index contributed by atoms with van der Waals surface area (Å²) < 4.78 is 9.79. The summed E-state index contributed by atoms with van der Waals surface area (Å²) in [6.07, 6.45) is -5.11. The minimum atomic E-state index is -1.49. The number of aliphatic hydroxyl groups is 3. The predicted octanol–water partition coefficient (Wildman–Crippen LogP) is -2.51. The molecule has 4 N–H and O–H groups in total. The molecule has 1 aliphatic heterocycles. The maximum absolute atomic E-state index is 11.0. The summed E-state index contributed by atoms with van der Waals surface area (Å²) in [4.78, 5) is 22.0. The molecular weight excluding hydrogens is 246 g/mol. The lowest BCUT2D eigenvalue weighted by Crippen LogP contribution is -2.65. The second-order valence-electron chi connectivity index (χ2n) is 4.04. The van der Waals surface area contributed by atoms with Crippen molar-refractivity contribution in [1.29, 1.82) is 0 Å². The number of amides is 1. The number of aliphatic hydroxyl groups excluding tert-OH is 3. The Balaban J connectivity index is 2.89. The van der Waals surface area contributed by atoms with Crippen LogP contribution in [-0.4, -0.2) is 64.4 Å². The van der Waals surface area contributed by atoms with E-state index in [9.17, 15) is 19.8 Å². The molecule has 1 amide bonds. The Labute approximate surface area is 104 Å². The van der Waals surface area contributed by atoms with E-state index in [1.165, 1.54) is 6.92 Å². The van der Waals surface area contributed by atoms with Crippen LogP contribution >= 0.6 is 0 Å². The first-order valence-corrected chi connectivity index (χ1v) is 5.43. The largest absolute Gasteiger partial charge is 0.457 e. The van der Waals surface area contributed by atoms with Gasteiger partial charge in [0.05, 0.1) is 6.61 Å². The Hall–Kier alpha value is -1.22. The van der Waals surface area contributed by atoms with Gasteiger partial charge in [0.25, 0.3) is 0 Å². The maximum atomic E-state index is 11.0. The van der Waals surface area contributed by atoms with Gasteiger partial charge in [-0.15, -0.1) is 0 Å². The third-order valence-electron chi connectivity index (χ3n) is 2.54. The van der Waals surface area contributed by atoms with Crippen molar-refractivity contribution >= 4 is 11.9 Å². The van der Waals surface area contributed by atoms with Crippen molar-refractivity contribution in [2.75, 3.05) is 6.61 Å². The number of nitrogens with one attached hydrogen (secondary N) is 1. The molecule has 8 heteroatoms. The molecule has 1 fully saturated rings. The van der Waals surface area contributed by atoms with E-state index >= 15 is 0 Å². The molecule has 1 rings (SSSR count). The number of rotatable bonds is 3. The fourth-order valence-corrected chi connectivity index (χ4v) is 1.80. The van der Waals surface area contributed by atoms with E-state index in [-0.39, 0.29) is 0 Å². The minimum absolute atomic E-state index is 0.477. The highest BCUT2D eigenvalue weighted by Crippen LogP contribution is 2.22. The Morgan fingerprint density at radius 3 is 2.39 bits per heavy atom. The first-order chi connectivity index (χ1) is 8.36. The molecule has 0 bridgehead atoms. The predicted molar refractivity (Wildman–Crippen MR) is 57.1 cm³/mol. The van der Waals surface area contributed by atoms with Crippen LogP contribution in [-0.2, 0) is 19.1 Å². The SMILES string of the molecule is CC(=O)N[C@H]1[C@@H](OC(C)=O)[C@H](O)[C@H](CO)O[C@@H]1O. The lowest BCUT2D eigenvalue weighted by Gasteiger charge is -2.41. The van der Waals surface area contributed by atoms with Crippen LogP contribution in [0.2, 0.25) is 0 Å². The average Bonchev–Trinajstić information content (AvgIpc) is 2.27. The molecule has 0 saturated carbocycles. The molecule has 18 heavy (non-hydrogen) atoms. The summed E-state index contributed by atoms with van der Waals surface area (Å²) in [7, 11) is 0. The van der Waals surface area contributed by atoms with Crippen LogP contribution in [0.4, 0.5) is 0 Å². The monoisotopic (exact) mass is 263 g/mol. The Bertz CT molecular complexity index is 321. The number of carbonyl (C=O) groups excluding carboxylic acids is 2. The Kier molecular flexibility index (Phi) is 5.03. The molecule has 1 heterocycles. The zero-order chi connectivity index (χ0) is 13.9. The molecule has 5 atom stereocenters. The Morgan fingerprint density at radius 1 is 1.33 bits per heavy atom. The van der Waals surface area contributed by atoms with Crippen LogP contribution in [0.1, 0.15) is 13.8 Å². The van der Waals surface area contributed by atoms with Crippen LogP contribution in [0.25, 0.3) is 0 Å². The molecule has 0 aromatic heterocycles. The number of ether oxygens (including phenoxy) is 2. The van der Waals surface area contributed by atoms with Crippen molar-refractivity contribution in [3.63, 3.8) is 0 Å². The third-order valence-corrected chi connectivity index (χ3v) is 2.54. The van der Waals surface area contributed by atoms with Gasteiger partial charge in [-0.3, -0.25) is 9.59 Å². The molecule has 1 saturated heterocycles. The van der Waals surface area contributed by atoms with Crippen molar-refractivity contribution in [3.05, 3.63) is 0 Å². The molecule has 0 unspecified atom stereocenters. The van der Waals surface area contributed by atoms with Crippen LogP contribution < -0.4 is 5.32 Å². The van der Waals surface area contributed by atoms with Gasteiger partial charge in [-0.05, 0) is 0 Å². The quantitative estimate of drug-likeness (QED) is 0.414. The molecule has 0 aromatic rings. The highest BCUT2D eigenvalue weighted by Gasteiger charge is 2.46. The van der Waals surface area contributed by atoms with E-state index in [1.807, 2.05) is 0 Å². The normalized spacial score (nSPS) is 35.9. The van der Waals surface area contributed by atoms with Crippen LogP contribution in [0.5, 0.6) is 0 Å². The van der Waals surface area contributed by atoms with Crippen molar-refractivity contribution in [2.24, 2.45) is 0 Å². The van der Waals surface area contributed by atoms with E-state index in [4.69, 9.17) is 14.6 Å². The number of carbonyl (C=O) groups is 2. The smallest absolute Gasteiger partial charge is 0.303 e. The summed E-state index contributed by atoms with van der Waals surface area (Å²) in [5.41, 5.74) is 0. The fraction of sp³-hybridized carbons (Fsp3) is 0.800. The first-order valence-electron chi connectivity index (χ1n) is 5.43. The average molecular weight is 263 g/mol. The van der Waals surface area contributed by atoms with Gasteiger partial charge in [0.15, 0.2) is 12.4 Å². The number of hydrogen-bond donors (Lipinski definition) is 4. The van der Waals surface area contributed by atoms with E-state index in [1.54, 1.807) is 0 Å².